The Hall–Kier alpha value is -2.67. The number of carbonyl (C=O) groups is 1. The Morgan fingerprint density at radius 1 is 1.11 bits per heavy atom. The van der Waals surface area contributed by atoms with Crippen LogP contribution in [0.15, 0.2) is 30.6 Å². The molecule has 0 bridgehead atoms. The molecule has 2 saturated heterocycles. The van der Waals surface area contributed by atoms with Crippen molar-refractivity contribution in [3.63, 3.8) is 0 Å². The van der Waals surface area contributed by atoms with Crippen molar-refractivity contribution in [3.05, 3.63) is 47.3 Å². The highest BCUT2D eigenvalue weighted by Crippen LogP contribution is 2.49. The Labute approximate surface area is 208 Å². The first-order valence-electron chi connectivity index (χ1n) is 13.2. The zero-order valence-electron chi connectivity index (χ0n) is 21.1. The van der Waals surface area contributed by atoms with Gasteiger partial charge >= 0.3 is 0 Å². The fraction of sp³-hybridized carbons (Fsp3) is 0.607. The minimum atomic E-state index is 0.242. The number of benzene rings is 1. The molecule has 1 aliphatic carbocycles. The van der Waals surface area contributed by atoms with Crippen molar-refractivity contribution >= 4 is 11.9 Å². The molecule has 2 aliphatic heterocycles. The van der Waals surface area contributed by atoms with Crippen LogP contribution in [-0.4, -0.2) is 60.7 Å². The fourth-order valence-electron chi connectivity index (χ4n) is 5.59. The topological polar surface area (TPSA) is 67.8 Å². The number of carbonyl (C=O) groups excluding carboxylic acids is 1. The van der Waals surface area contributed by atoms with Crippen molar-refractivity contribution in [1.82, 2.24) is 14.9 Å². The Morgan fingerprint density at radius 3 is 2.54 bits per heavy atom. The monoisotopic (exact) mass is 478 g/mol. The summed E-state index contributed by atoms with van der Waals surface area (Å²) in [6.07, 6.45) is 10.3. The van der Waals surface area contributed by atoms with Crippen LogP contribution in [-0.2, 0) is 22.6 Å². The molecule has 2 atom stereocenters. The Bertz CT molecular complexity index is 1000. The van der Waals surface area contributed by atoms with Gasteiger partial charge in [0, 0.05) is 51.2 Å². The number of aromatic nitrogens is 2. The van der Waals surface area contributed by atoms with E-state index in [1.54, 1.807) is 7.11 Å². The second-order valence-corrected chi connectivity index (χ2v) is 10.4. The van der Waals surface area contributed by atoms with Crippen molar-refractivity contribution in [2.24, 2.45) is 17.8 Å². The molecule has 0 radical (unpaired) electrons. The molecule has 35 heavy (non-hydrogen) atoms. The fourth-order valence-corrected chi connectivity index (χ4v) is 5.59. The number of rotatable bonds is 10. The van der Waals surface area contributed by atoms with E-state index < -0.39 is 0 Å². The van der Waals surface area contributed by atoms with E-state index in [2.05, 4.69) is 33.9 Å². The molecule has 0 spiro atoms. The number of aryl methyl sites for hydroxylation is 1. The summed E-state index contributed by atoms with van der Waals surface area (Å²) in [5.74, 6) is 4.47. The first-order chi connectivity index (χ1) is 17.1. The SMILES string of the molecule is COCc1cnc(N2CCC([C@H]3CC3CCOc3ccc(CC(=O)N4CCC4)c(C)c3)CC2)nc1. The number of nitrogens with zero attached hydrogens (tertiary/aromatic N) is 4. The zero-order valence-corrected chi connectivity index (χ0v) is 21.1. The van der Waals surface area contributed by atoms with Crippen LogP contribution in [0, 0.1) is 24.7 Å². The molecule has 2 aromatic rings. The number of anilines is 1. The van der Waals surface area contributed by atoms with E-state index >= 15 is 0 Å². The van der Waals surface area contributed by atoms with Crippen molar-refractivity contribution in [3.8, 4) is 5.75 Å². The molecule has 1 aromatic heterocycles. The Kier molecular flexibility index (Phi) is 7.51. The van der Waals surface area contributed by atoms with Gasteiger partial charge in [0.05, 0.1) is 19.6 Å². The van der Waals surface area contributed by atoms with Gasteiger partial charge in [0.15, 0.2) is 0 Å². The number of likely N-dealkylation sites (tertiary alicyclic amines) is 1. The maximum atomic E-state index is 12.3. The first kappa shape index (κ1) is 24.0. The molecule has 7 heteroatoms. The summed E-state index contributed by atoms with van der Waals surface area (Å²) < 4.78 is 11.2. The highest BCUT2D eigenvalue weighted by atomic mass is 16.5. The largest absolute Gasteiger partial charge is 0.494 e. The van der Waals surface area contributed by atoms with Crippen molar-refractivity contribution in [2.75, 3.05) is 44.8 Å². The average molecular weight is 479 g/mol. The molecule has 1 amide bonds. The van der Waals surface area contributed by atoms with Crippen LogP contribution in [0.2, 0.25) is 0 Å². The van der Waals surface area contributed by atoms with Gasteiger partial charge in [-0.05, 0) is 80.0 Å². The molecular weight excluding hydrogens is 440 g/mol. The van der Waals surface area contributed by atoms with E-state index in [1.165, 1.54) is 19.3 Å². The number of piperidine rings is 1. The third-order valence-corrected chi connectivity index (χ3v) is 8.03. The van der Waals surface area contributed by atoms with Crippen molar-refractivity contribution in [2.45, 2.75) is 52.1 Å². The number of amides is 1. The van der Waals surface area contributed by atoms with Gasteiger partial charge < -0.3 is 19.3 Å². The maximum Gasteiger partial charge on any atom is 0.227 e. The third-order valence-electron chi connectivity index (χ3n) is 8.03. The number of ether oxygens (including phenoxy) is 2. The number of hydrogen-bond donors (Lipinski definition) is 0. The maximum absolute atomic E-state index is 12.3. The van der Waals surface area contributed by atoms with Crippen molar-refractivity contribution < 1.29 is 14.3 Å². The Morgan fingerprint density at radius 2 is 1.89 bits per heavy atom. The summed E-state index contributed by atoms with van der Waals surface area (Å²) in [6, 6.07) is 6.17. The molecule has 1 unspecified atom stereocenters. The van der Waals surface area contributed by atoms with Gasteiger partial charge in [-0.1, -0.05) is 6.07 Å². The summed E-state index contributed by atoms with van der Waals surface area (Å²) in [4.78, 5) is 25.6. The van der Waals surface area contributed by atoms with E-state index in [0.29, 0.717) is 13.0 Å². The van der Waals surface area contributed by atoms with Gasteiger partial charge in [-0.15, -0.1) is 0 Å². The quantitative estimate of drug-likeness (QED) is 0.514. The van der Waals surface area contributed by atoms with Crippen LogP contribution in [0.4, 0.5) is 5.95 Å². The average Bonchev–Trinajstić information content (AvgIpc) is 3.60. The smallest absolute Gasteiger partial charge is 0.227 e. The number of hydrogen-bond acceptors (Lipinski definition) is 6. The van der Waals surface area contributed by atoms with E-state index in [9.17, 15) is 4.79 Å². The first-order valence-corrected chi connectivity index (χ1v) is 13.2. The summed E-state index contributed by atoms with van der Waals surface area (Å²) >= 11 is 0. The lowest BCUT2D eigenvalue weighted by molar-refractivity contribution is -0.133. The lowest BCUT2D eigenvalue weighted by Crippen LogP contribution is -2.42. The van der Waals surface area contributed by atoms with Gasteiger partial charge in [-0.25, -0.2) is 9.97 Å². The van der Waals surface area contributed by atoms with Crippen LogP contribution in [0.25, 0.3) is 0 Å². The molecule has 1 saturated carbocycles. The summed E-state index contributed by atoms with van der Waals surface area (Å²) in [7, 11) is 1.69. The second-order valence-electron chi connectivity index (χ2n) is 10.4. The van der Waals surface area contributed by atoms with Crippen LogP contribution in [0.5, 0.6) is 5.75 Å². The van der Waals surface area contributed by atoms with Crippen LogP contribution in [0.3, 0.4) is 0 Å². The molecule has 188 valence electrons. The van der Waals surface area contributed by atoms with Gasteiger partial charge in [0.25, 0.3) is 0 Å². The van der Waals surface area contributed by atoms with E-state index in [0.717, 1.165) is 91.8 Å². The normalized spacial score (nSPS) is 22.1. The van der Waals surface area contributed by atoms with Crippen LogP contribution in [0.1, 0.15) is 48.8 Å². The summed E-state index contributed by atoms with van der Waals surface area (Å²) in [6.45, 7) is 7.32. The third kappa shape index (κ3) is 5.95. The second kappa shape index (κ2) is 10.9. The lowest BCUT2D eigenvalue weighted by Gasteiger charge is -2.32. The molecule has 5 rings (SSSR count). The minimum absolute atomic E-state index is 0.242. The standard InChI is InChI=1S/C28H38N4O3/c1-20-14-25(5-4-23(20)16-27(33)31-9-3-10-31)35-13-8-24-15-26(24)22-6-11-32(12-7-22)28-29-17-21(18-30-28)19-34-2/h4-5,14,17-18,22,24,26H,3,6-13,15-16,19H2,1-2H3/t24?,26-/m1/s1. The van der Waals surface area contributed by atoms with Gasteiger partial charge in [0.1, 0.15) is 5.75 Å². The molecule has 1 aromatic carbocycles. The predicted octanol–water partition coefficient (Wildman–Crippen LogP) is 4.03. The minimum Gasteiger partial charge on any atom is -0.494 e. The van der Waals surface area contributed by atoms with E-state index in [1.807, 2.05) is 23.4 Å². The van der Waals surface area contributed by atoms with Gasteiger partial charge in [-0.3, -0.25) is 4.79 Å². The molecular formula is C28H38N4O3. The highest BCUT2D eigenvalue weighted by molar-refractivity contribution is 5.79. The van der Waals surface area contributed by atoms with E-state index in [4.69, 9.17) is 9.47 Å². The van der Waals surface area contributed by atoms with Gasteiger partial charge in [-0.2, -0.15) is 0 Å². The van der Waals surface area contributed by atoms with Crippen LogP contribution >= 0.6 is 0 Å². The molecule has 0 N–H and O–H groups in total. The summed E-state index contributed by atoms with van der Waals surface area (Å²) in [5.41, 5.74) is 3.27. The Balaban J connectivity index is 1.01. The zero-order chi connectivity index (χ0) is 24.2. The van der Waals surface area contributed by atoms with E-state index in [-0.39, 0.29) is 5.91 Å². The molecule has 3 aliphatic rings. The van der Waals surface area contributed by atoms with Crippen LogP contribution < -0.4 is 9.64 Å². The molecule has 3 fully saturated rings. The predicted molar refractivity (Wildman–Crippen MR) is 135 cm³/mol. The highest BCUT2D eigenvalue weighted by Gasteiger charge is 2.43. The molecule has 7 nitrogen and oxygen atoms in total. The number of methoxy groups -OCH3 is 1. The van der Waals surface area contributed by atoms with Gasteiger partial charge in [0.2, 0.25) is 11.9 Å². The summed E-state index contributed by atoms with van der Waals surface area (Å²) in [5, 5.41) is 0. The van der Waals surface area contributed by atoms with Crippen molar-refractivity contribution in [1.29, 1.82) is 0 Å². The molecule has 3 heterocycles. The lowest BCUT2D eigenvalue weighted by atomic mass is 9.90.